The predicted molar refractivity (Wildman–Crippen MR) is 83.5 cm³/mol. The summed E-state index contributed by atoms with van der Waals surface area (Å²) < 4.78 is 14.5. The van der Waals surface area contributed by atoms with Gasteiger partial charge >= 0.3 is 0 Å². The van der Waals surface area contributed by atoms with Crippen LogP contribution in [0.5, 0.6) is 0 Å². The fraction of sp³-hybridized carbons (Fsp3) is 0.267. The fourth-order valence-electron chi connectivity index (χ4n) is 2.06. The molecule has 0 amide bonds. The molecule has 0 aliphatic heterocycles. The largest absolute Gasteiger partial charge is 0.310 e. The maximum Gasteiger partial charge on any atom is 0.142 e. The molecule has 1 aromatic carbocycles. The quantitative estimate of drug-likeness (QED) is 0.850. The summed E-state index contributed by atoms with van der Waals surface area (Å²) in [6.45, 7) is 2.78. The van der Waals surface area contributed by atoms with Crippen molar-refractivity contribution >= 4 is 27.5 Å². The molecular weight excluding hydrogens is 343 g/mol. The van der Waals surface area contributed by atoms with Gasteiger partial charge in [-0.15, -0.1) is 0 Å². The van der Waals surface area contributed by atoms with Gasteiger partial charge in [-0.2, -0.15) is 0 Å². The lowest BCUT2D eigenvalue weighted by Crippen LogP contribution is -2.23. The molecule has 0 saturated carbocycles. The Balaban J connectivity index is 2.26. The highest BCUT2D eigenvalue weighted by Crippen LogP contribution is 2.27. The Labute approximate surface area is 131 Å². The third-order valence-corrected chi connectivity index (χ3v) is 3.88. The van der Waals surface area contributed by atoms with E-state index in [2.05, 4.69) is 26.2 Å². The molecule has 106 valence electrons. The highest BCUT2D eigenvalue weighted by molar-refractivity contribution is 9.10. The smallest absolute Gasteiger partial charge is 0.142 e. The van der Waals surface area contributed by atoms with E-state index in [0.717, 1.165) is 22.3 Å². The molecule has 2 rings (SSSR count). The normalized spacial score (nSPS) is 12.4. The minimum Gasteiger partial charge on any atom is -0.310 e. The van der Waals surface area contributed by atoms with Crippen molar-refractivity contribution in [1.29, 1.82) is 0 Å². The topological polar surface area (TPSA) is 24.9 Å². The molecule has 1 atom stereocenters. The Morgan fingerprint density at radius 1 is 1.35 bits per heavy atom. The molecule has 0 aliphatic carbocycles. The van der Waals surface area contributed by atoms with Crippen molar-refractivity contribution in [2.45, 2.75) is 19.4 Å². The maximum atomic E-state index is 13.6. The first-order valence-electron chi connectivity index (χ1n) is 6.39. The van der Waals surface area contributed by atoms with Crippen LogP contribution in [0.2, 0.25) is 5.02 Å². The molecule has 2 aromatic rings. The summed E-state index contributed by atoms with van der Waals surface area (Å²) in [6, 6.07) is 8.72. The van der Waals surface area contributed by atoms with E-state index in [1.54, 1.807) is 12.3 Å². The van der Waals surface area contributed by atoms with Gasteiger partial charge in [0.1, 0.15) is 5.82 Å². The fourth-order valence-corrected chi connectivity index (χ4v) is 2.56. The van der Waals surface area contributed by atoms with Crippen molar-refractivity contribution in [3.8, 4) is 0 Å². The third-order valence-electron chi connectivity index (χ3n) is 3.01. The van der Waals surface area contributed by atoms with Crippen molar-refractivity contribution < 1.29 is 4.39 Å². The van der Waals surface area contributed by atoms with Crippen LogP contribution in [0.15, 0.2) is 41.0 Å². The van der Waals surface area contributed by atoms with Gasteiger partial charge in [-0.25, -0.2) is 4.39 Å². The molecule has 0 radical (unpaired) electrons. The first-order valence-corrected chi connectivity index (χ1v) is 7.56. The second kappa shape index (κ2) is 7.16. The Hall–Kier alpha value is -0.970. The van der Waals surface area contributed by atoms with Crippen LogP contribution in [0.25, 0.3) is 0 Å². The number of aromatic nitrogens is 1. The van der Waals surface area contributed by atoms with E-state index < -0.39 is 5.82 Å². The highest BCUT2D eigenvalue weighted by atomic mass is 79.9. The van der Waals surface area contributed by atoms with E-state index in [1.165, 1.54) is 6.07 Å². The van der Waals surface area contributed by atoms with Crippen molar-refractivity contribution in [3.63, 3.8) is 0 Å². The summed E-state index contributed by atoms with van der Waals surface area (Å²) in [7, 11) is 0. The average molecular weight is 358 g/mol. The zero-order valence-corrected chi connectivity index (χ0v) is 13.4. The maximum absolute atomic E-state index is 13.6. The molecule has 0 aliphatic rings. The number of hydrogen-bond donors (Lipinski definition) is 1. The Bertz CT molecular complexity index is 575. The Morgan fingerprint density at radius 3 is 2.80 bits per heavy atom. The zero-order chi connectivity index (χ0) is 14.5. The van der Waals surface area contributed by atoms with Crippen LogP contribution in [-0.2, 0) is 6.42 Å². The van der Waals surface area contributed by atoms with Crippen LogP contribution in [0.3, 0.4) is 0 Å². The molecule has 1 N–H and O–H groups in total. The van der Waals surface area contributed by atoms with Crippen molar-refractivity contribution in [2.24, 2.45) is 0 Å². The van der Waals surface area contributed by atoms with E-state index in [1.807, 2.05) is 25.1 Å². The van der Waals surface area contributed by atoms with Gasteiger partial charge in [-0.3, -0.25) is 4.98 Å². The SMILES string of the molecule is CCNC(Cc1ccc(Br)cn1)c1cccc(F)c1Cl. The zero-order valence-electron chi connectivity index (χ0n) is 11.0. The van der Waals surface area contributed by atoms with Crippen LogP contribution < -0.4 is 5.32 Å². The van der Waals surface area contributed by atoms with Crippen LogP contribution >= 0.6 is 27.5 Å². The van der Waals surface area contributed by atoms with Crippen LogP contribution in [-0.4, -0.2) is 11.5 Å². The summed E-state index contributed by atoms with van der Waals surface area (Å²) in [5.74, 6) is -0.393. The minimum absolute atomic E-state index is 0.0584. The molecule has 0 saturated heterocycles. The molecule has 0 spiro atoms. The van der Waals surface area contributed by atoms with Gasteiger partial charge in [-0.1, -0.05) is 30.7 Å². The summed E-state index contributed by atoms with van der Waals surface area (Å²) >= 11 is 9.43. The molecular formula is C15H15BrClFN2. The van der Waals surface area contributed by atoms with E-state index in [0.29, 0.717) is 6.42 Å². The number of nitrogens with zero attached hydrogens (tertiary/aromatic N) is 1. The second-order valence-electron chi connectivity index (χ2n) is 4.43. The van der Waals surface area contributed by atoms with E-state index in [-0.39, 0.29) is 11.1 Å². The molecule has 1 heterocycles. The van der Waals surface area contributed by atoms with Gasteiger partial charge in [0.05, 0.1) is 5.02 Å². The van der Waals surface area contributed by atoms with E-state index >= 15 is 0 Å². The van der Waals surface area contributed by atoms with Crippen molar-refractivity contribution in [3.05, 3.63) is 63.1 Å². The van der Waals surface area contributed by atoms with Crippen LogP contribution in [0.4, 0.5) is 4.39 Å². The van der Waals surface area contributed by atoms with E-state index in [9.17, 15) is 4.39 Å². The molecule has 5 heteroatoms. The molecule has 0 fully saturated rings. The summed E-state index contributed by atoms with van der Waals surface area (Å²) in [4.78, 5) is 4.35. The second-order valence-corrected chi connectivity index (χ2v) is 5.72. The number of benzene rings is 1. The predicted octanol–water partition coefficient (Wildman–Crippen LogP) is 4.53. The Kier molecular flexibility index (Phi) is 5.52. The number of likely N-dealkylation sites (N-methyl/N-ethyl adjacent to an activating group) is 1. The Morgan fingerprint density at radius 2 is 2.15 bits per heavy atom. The van der Waals surface area contributed by atoms with Gasteiger partial charge in [0.25, 0.3) is 0 Å². The lowest BCUT2D eigenvalue weighted by atomic mass is 10.0. The first-order chi connectivity index (χ1) is 9.61. The van der Waals surface area contributed by atoms with Crippen molar-refractivity contribution in [1.82, 2.24) is 10.3 Å². The minimum atomic E-state index is -0.393. The van der Waals surface area contributed by atoms with E-state index in [4.69, 9.17) is 11.6 Å². The number of halogens is 3. The number of hydrogen-bond acceptors (Lipinski definition) is 2. The number of rotatable bonds is 5. The molecule has 2 nitrogen and oxygen atoms in total. The molecule has 0 bridgehead atoms. The third kappa shape index (κ3) is 3.78. The van der Waals surface area contributed by atoms with Crippen LogP contribution in [0.1, 0.15) is 24.2 Å². The lowest BCUT2D eigenvalue weighted by Gasteiger charge is -2.19. The standard InChI is InChI=1S/C15H15BrClFN2/c1-2-19-14(8-11-7-6-10(16)9-20-11)12-4-3-5-13(18)15(12)17/h3-7,9,14,19H,2,8H2,1H3. The summed E-state index contributed by atoms with van der Waals surface area (Å²) in [5, 5.41) is 3.50. The van der Waals surface area contributed by atoms with Gasteiger partial charge in [0.15, 0.2) is 0 Å². The molecule has 1 aromatic heterocycles. The summed E-state index contributed by atoms with van der Waals surface area (Å²) in [5.41, 5.74) is 1.69. The molecule has 20 heavy (non-hydrogen) atoms. The first kappa shape index (κ1) is 15.4. The highest BCUT2D eigenvalue weighted by Gasteiger charge is 2.17. The monoisotopic (exact) mass is 356 g/mol. The van der Waals surface area contributed by atoms with Crippen molar-refractivity contribution in [2.75, 3.05) is 6.54 Å². The van der Waals surface area contributed by atoms with Crippen LogP contribution in [0, 0.1) is 5.82 Å². The average Bonchev–Trinajstić information content (AvgIpc) is 2.44. The molecule has 1 unspecified atom stereocenters. The van der Waals surface area contributed by atoms with Gasteiger partial charge in [-0.05, 0) is 46.2 Å². The lowest BCUT2D eigenvalue weighted by molar-refractivity contribution is 0.538. The number of nitrogens with one attached hydrogen (secondary N) is 1. The van der Waals surface area contributed by atoms with Gasteiger partial charge in [0.2, 0.25) is 0 Å². The summed E-state index contributed by atoms with van der Waals surface area (Å²) in [6.07, 6.45) is 2.41. The van der Waals surface area contributed by atoms with Gasteiger partial charge < -0.3 is 5.32 Å². The van der Waals surface area contributed by atoms with Gasteiger partial charge in [0, 0.05) is 28.8 Å². The number of pyridine rings is 1.